The summed E-state index contributed by atoms with van der Waals surface area (Å²) < 4.78 is 5.30. The Balaban J connectivity index is 1.53. The molecule has 2 aromatic carbocycles. The van der Waals surface area contributed by atoms with Crippen molar-refractivity contribution in [2.45, 2.75) is 9.79 Å². The van der Waals surface area contributed by atoms with Crippen molar-refractivity contribution < 1.29 is 14.6 Å². The molecule has 0 aliphatic carbocycles. The van der Waals surface area contributed by atoms with Crippen LogP contribution in [0.25, 0.3) is 6.08 Å². The highest BCUT2D eigenvalue weighted by atomic mass is 35.5. The second-order valence-electron chi connectivity index (χ2n) is 7.03. The Hall–Kier alpha value is -1.54. The second-order valence-corrected chi connectivity index (χ2v) is 8.90. The summed E-state index contributed by atoms with van der Waals surface area (Å²) in [5.74, 6) is -0.0360. The van der Waals surface area contributed by atoms with Crippen molar-refractivity contribution >= 4 is 46.9 Å². The van der Waals surface area contributed by atoms with E-state index in [0.29, 0.717) is 36.3 Å². The van der Waals surface area contributed by atoms with Gasteiger partial charge in [0.25, 0.3) is 0 Å². The lowest BCUT2D eigenvalue weighted by Crippen LogP contribution is -2.49. The van der Waals surface area contributed by atoms with Crippen LogP contribution < -0.4 is 0 Å². The average molecular weight is 481 g/mol. The molecule has 5 nitrogen and oxygen atoms in total. The molecule has 0 radical (unpaired) electrons. The maximum absolute atomic E-state index is 12.6. The molecule has 2 aromatic rings. The molecule has 0 aromatic heterocycles. The number of piperazine rings is 1. The van der Waals surface area contributed by atoms with E-state index in [-0.39, 0.29) is 12.5 Å². The molecule has 166 valence electrons. The first-order valence-electron chi connectivity index (χ1n) is 10.2. The van der Waals surface area contributed by atoms with Crippen molar-refractivity contribution in [2.75, 3.05) is 52.5 Å². The summed E-state index contributed by atoms with van der Waals surface area (Å²) in [7, 11) is 0. The average Bonchev–Trinajstić information content (AvgIpc) is 2.80. The van der Waals surface area contributed by atoms with E-state index in [1.165, 1.54) is 0 Å². The topological polar surface area (TPSA) is 53.0 Å². The van der Waals surface area contributed by atoms with Crippen molar-refractivity contribution in [3.05, 3.63) is 64.1 Å². The highest BCUT2D eigenvalue weighted by molar-refractivity contribution is 7.99. The van der Waals surface area contributed by atoms with Gasteiger partial charge in [0, 0.05) is 48.6 Å². The van der Waals surface area contributed by atoms with E-state index in [0.717, 1.165) is 35.0 Å². The van der Waals surface area contributed by atoms with E-state index >= 15 is 0 Å². The molecule has 0 spiro atoms. The normalized spacial score (nSPS) is 15.0. The van der Waals surface area contributed by atoms with Crippen molar-refractivity contribution in [1.29, 1.82) is 0 Å². The van der Waals surface area contributed by atoms with E-state index in [1.807, 2.05) is 47.4 Å². The molecule has 31 heavy (non-hydrogen) atoms. The highest BCUT2D eigenvalue weighted by Crippen LogP contribution is 2.39. The number of hydrogen-bond acceptors (Lipinski definition) is 5. The zero-order valence-electron chi connectivity index (χ0n) is 17.2. The first kappa shape index (κ1) is 24.1. The van der Waals surface area contributed by atoms with Gasteiger partial charge >= 0.3 is 0 Å². The van der Waals surface area contributed by atoms with Crippen LogP contribution in [0.5, 0.6) is 0 Å². The van der Waals surface area contributed by atoms with Gasteiger partial charge in [0.15, 0.2) is 0 Å². The van der Waals surface area contributed by atoms with Crippen molar-refractivity contribution in [3.8, 4) is 0 Å². The molecule has 0 unspecified atom stereocenters. The quantitative estimate of drug-likeness (QED) is 0.428. The Morgan fingerprint density at radius 2 is 1.77 bits per heavy atom. The second kappa shape index (κ2) is 12.5. The summed E-state index contributed by atoms with van der Waals surface area (Å²) in [5.41, 5.74) is 0.720. The van der Waals surface area contributed by atoms with Crippen LogP contribution in [-0.4, -0.2) is 73.4 Å². The van der Waals surface area contributed by atoms with E-state index in [2.05, 4.69) is 4.90 Å². The standard InChI is InChI=1S/C23H26Cl2N2O3S/c24-22-18(6-8-20(23(22)25)31-19-4-2-1-3-5-19)7-9-21(29)27-12-10-26(11-13-27)14-16-30-17-15-28/h1-9,28H,10-17H2/b9-7+. The number of ether oxygens (including phenoxy) is 1. The van der Waals surface area contributed by atoms with Crippen LogP contribution >= 0.6 is 35.0 Å². The fourth-order valence-corrected chi connectivity index (χ4v) is 4.63. The summed E-state index contributed by atoms with van der Waals surface area (Å²) in [6, 6.07) is 13.8. The molecule has 0 bridgehead atoms. The SMILES string of the molecule is O=C(/C=C/c1ccc(Sc2ccccc2)c(Cl)c1Cl)N1CCN(CCOCCO)CC1. The fraction of sp³-hybridized carbons (Fsp3) is 0.348. The number of amides is 1. The van der Waals surface area contributed by atoms with Crippen molar-refractivity contribution in [3.63, 3.8) is 0 Å². The third kappa shape index (κ3) is 7.24. The van der Waals surface area contributed by atoms with Gasteiger partial charge in [-0.1, -0.05) is 59.2 Å². The Labute approximate surface area is 197 Å². The minimum Gasteiger partial charge on any atom is -0.394 e. The number of carbonyl (C=O) groups excluding carboxylic acids is 1. The number of benzene rings is 2. The van der Waals surface area contributed by atoms with Gasteiger partial charge in [-0.15, -0.1) is 0 Å². The van der Waals surface area contributed by atoms with Gasteiger partial charge in [0.05, 0.1) is 29.9 Å². The minimum atomic E-state index is -0.0360. The molecule has 1 amide bonds. The highest BCUT2D eigenvalue weighted by Gasteiger charge is 2.19. The molecule has 1 N–H and O–H groups in total. The van der Waals surface area contributed by atoms with Gasteiger partial charge in [-0.2, -0.15) is 0 Å². The van der Waals surface area contributed by atoms with E-state index in [4.69, 9.17) is 33.0 Å². The number of nitrogens with zero attached hydrogens (tertiary/aromatic N) is 2. The summed E-state index contributed by atoms with van der Waals surface area (Å²) in [4.78, 5) is 18.6. The lowest BCUT2D eigenvalue weighted by Gasteiger charge is -2.34. The molecular formula is C23H26Cl2N2O3S. The van der Waals surface area contributed by atoms with Crippen molar-refractivity contribution in [1.82, 2.24) is 9.80 Å². The first-order chi connectivity index (χ1) is 15.1. The Bertz CT molecular complexity index is 888. The maximum Gasteiger partial charge on any atom is 0.246 e. The lowest BCUT2D eigenvalue weighted by atomic mass is 10.2. The van der Waals surface area contributed by atoms with Crippen LogP contribution in [0.15, 0.2) is 58.3 Å². The van der Waals surface area contributed by atoms with Gasteiger partial charge in [-0.3, -0.25) is 9.69 Å². The maximum atomic E-state index is 12.6. The zero-order valence-corrected chi connectivity index (χ0v) is 19.5. The van der Waals surface area contributed by atoms with Crippen molar-refractivity contribution in [2.24, 2.45) is 0 Å². The number of aliphatic hydroxyl groups excluding tert-OH is 1. The third-order valence-electron chi connectivity index (χ3n) is 4.92. The predicted molar refractivity (Wildman–Crippen MR) is 127 cm³/mol. The molecule has 1 saturated heterocycles. The van der Waals surface area contributed by atoms with Crippen LogP contribution in [0.3, 0.4) is 0 Å². The Morgan fingerprint density at radius 3 is 2.48 bits per heavy atom. The Kier molecular flexibility index (Phi) is 9.71. The monoisotopic (exact) mass is 480 g/mol. The lowest BCUT2D eigenvalue weighted by molar-refractivity contribution is -0.127. The molecule has 1 aliphatic rings. The van der Waals surface area contributed by atoms with E-state index < -0.39 is 0 Å². The molecule has 8 heteroatoms. The summed E-state index contributed by atoms with van der Waals surface area (Å²) >= 11 is 14.5. The van der Waals surface area contributed by atoms with Crippen LogP contribution in [0.4, 0.5) is 0 Å². The van der Waals surface area contributed by atoms with Crippen LogP contribution in [0.1, 0.15) is 5.56 Å². The minimum absolute atomic E-state index is 0.0360. The predicted octanol–water partition coefficient (Wildman–Crippen LogP) is 4.31. The number of halogens is 2. The van der Waals surface area contributed by atoms with Crippen LogP contribution in [0, 0.1) is 0 Å². The van der Waals surface area contributed by atoms with Gasteiger partial charge in [-0.05, 0) is 29.8 Å². The zero-order chi connectivity index (χ0) is 22.1. The number of rotatable bonds is 9. The molecule has 0 saturated carbocycles. The number of aliphatic hydroxyl groups is 1. The molecular weight excluding hydrogens is 455 g/mol. The number of hydrogen-bond donors (Lipinski definition) is 1. The van der Waals surface area contributed by atoms with E-state index in [1.54, 1.807) is 23.9 Å². The smallest absolute Gasteiger partial charge is 0.246 e. The van der Waals surface area contributed by atoms with Gasteiger partial charge in [-0.25, -0.2) is 0 Å². The molecule has 1 fully saturated rings. The molecule has 1 heterocycles. The van der Waals surface area contributed by atoms with Gasteiger partial charge in [0.1, 0.15) is 0 Å². The summed E-state index contributed by atoms with van der Waals surface area (Å²) in [6.07, 6.45) is 3.28. The fourth-order valence-electron chi connectivity index (χ4n) is 3.19. The largest absolute Gasteiger partial charge is 0.394 e. The Morgan fingerprint density at radius 1 is 1.03 bits per heavy atom. The van der Waals surface area contributed by atoms with Gasteiger partial charge < -0.3 is 14.7 Å². The summed E-state index contributed by atoms with van der Waals surface area (Å²) in [6.45, 7) is 4.75. The number of carbonyl (C=O) groups is 1. The molecule has 1 aliphatic heterocycles. The van der Waals surface area contributed by atoms with E-state index in [9.17, 15) is 4.79 Å². The van der Waals surface area contributed by atoms with Crippen LogP contribution in [0.2, 0.25) is 10.0 Å². The molecule has 3 rings (SSSR count). The molecule has 0 atom stereocenters. The third-order valence-corrected chi connectivity index (χ3v) is 7.00. The van der Waals surface area contributed by atoms with Gasteiger partial charge in [0.2, 0.25) is 5.91 Å². The summed E-state index contributed by atoms with van der Waals surface area (Å²) in [5, 5.41) is 9.66. The van der Waals surface area contributed by atoms with Crippen LogP contribution in [-0.2, 0) is 9.53 Å². The first-order valence-corrected chi connectivity index (χ1v) is 11.7.